The molecule has 1 aliphatic heterocycles. The first kappa shape index (κ1) is 16.3. The Balaban J connectivity index is 1.65. The fraction of sp³-hybridized carbons (Fsp3) is 0.389. The van der Waals surface area contributed by atoms with Crippen LogP contribution in [0.25, 0.3) is 21.9 Å². The van der Waals surface area contributed by atoms with E-state index in [1.165, 1.54) is 0 Å². The van der Waals surface area contributed by atoms with Gasteiger partial charge < -0.3 is 15.2 Å². The summed E-state index contributed by atoms with van der Waals surface area (Å²) in [5.41, 5.74) is 1.64. The van der Waals surface area contributed by atoms with Crippen molar-refractivity contribution in [1.82, 2.24) is 25.3 Å². The Kier molecular flexibility index (Phi) is 4.13. The molecule has 1 amide bonds. The van der Waals surface area contributed by atoms with Crippen LogP contribution in [0.4, 0.5) is 5.82 Å². The lowest BCUT2D eigenvalue weighted by molar-refractivity contribution is -0.125. The highest BCUT2D eigenvalue weighted by Crippen LogP contribution is 2.32. The van der Waals surface area contributed by atoms with Crippen LogP contribution in [0.2, 0.25) is 0 Å². The molecule has 8 heteroatoms. The molecule has 1 saturated heterocycles. The number of aromatic nitrogens is 4. The smallest absolute Gasteiger partial charge is 0.224 e. The van der Waals surface area contributed by atoms with Gasteiger partial charge in [-0.2, -0.15) is 5.26 Å². The Bertz CT molecular complexity index is 1010. The number of amides is 1. The molecule has 2 N–H and O–H groups in total. The number of pyridine rings is 1. The molecule has 0 radical (unpaired) electrons. The molecule has 4 heterocycles. The third-order valence-electron chi connectivity index (χ3n) is 4.85. The molecule has 0 aromatic carbocycles. The molecule has 0 atom stereocenters. The molecule has 3 aromatic rings. The molecule has 0 saturated carbocycles. The number of carbonyl (C=O) groups excluding carboxylic acids is 1. The van der Waals surface area contributed by atoms with Gasteiger partial charge in [-0.1, -0.05) is 0 Å². The molecule has 26 heavy (non-hydrogen) atoms. The van der Waals surface area contributed by atoms with Gasteiger partial charge in [0.25, 0.3) is 0 Å². The van der Waals surface area contributed by atoms with Gasteiger partial charge in [0.2, 0.25) is 5.91 Å². The molecule has 0 aliphatic carbocycles. The molecule has 0 bridgehead atoms. The number of hydrogen-bond donors (Lipinski definition) is 2. The summed E-state index contributed by atoms with van der Waals surface area (Å²) in [4.78, 5) is 31.1. The van der Waals surface area contributed by atoms with Gasteiger partial charge in [-0.3, -0.25) is 4.79 Å². The van der Waals surface area contributed by atoms with Crippen LogP contribution in [0.5, 0.6) is 0 Å². The van der Waals surface area contributed by atoms with Crippen molar-refractivity contribution in [2.24, 2.45) is 5.92 Å². The van der Waals surface area contributed by atoms with E-state index in [1.54, 1.807) is 6.20 Å². The van der Waals surface area contributed by atoms with Gasteiger partial charge in [0.05, 0.1) is 23.2 Å². The van der Waals surface area contributed by atoms with Crippen LogP contribution in [0.3, 0.4) is 0 Å². The number of H-pyrrole nitrogens is 1. The largest absolute Gasteiger partial charge is 0.356 e. The monoisotopic (exact) mass is 349 g/mol. The lowest BCUT2D eigenvalue weighted by Gasteiger charge is -2.32. The normalized spacial score (nSPS) is 15.3. The molecule has 0 unspecified atom stereocenters. The summed E-state index contributed by atoms with van der Waals surface area (Å²) in [7, 11) is 0. The summed E-state index contributed by atoms with van der Waals surface area (Å²) < 4.78 is 0. The number of nitrogens with zero attached hydrogens (tertiary/aromatic N) is 5. The van der Waals surface area contributed by atoms with Gasteiger partial charge in [-0.05, 0) is 25.8 Å². The van der Waals surface area contributed by atoms with Crippen molar-refractivity contribution >= 4 is 33.7 Å². The van der Waals surface area contributed by atoms with Crippen molar-refractivity contribution in [3.8, 4) is 6.07 Å². The first-order chi connectivity index (χ1) is 12.7. The topological polar surface area (TPSA) is 111 Å². The maximum Gasteiger partial charge on any atom is 0.224 e. The fourth-order valence-electron chi connectivity index (χ4n) is 3.58. The molecule has 3 aromatic heterocycles. The number of aromatic amines is 1. The second kappa shape index (κ2) is 6.59. The standard InChI is InChI=1S/C18H19N7O/c1-11-23-14-10-22-16-13(2-6-20-16)15(14)17(24-11)25-8-3-12(4-9-25)18(26)21-7-5-19/h2,6,10,12H,3-4,7-9H2,1H3,(H,20,22)(H,21,26). The van der Waals surface area contributed by atoms with Crippen LogP contribution in [0, 0.1) is 24.2 Å². The summed E-state index contributed by atoms with van der Waals surface area (Å²) in [5.74, 6) is 1.52. The van der Waals surface area contributed by atoms with E-state index in [0.29, 0.717) is 5.82 Å². The predicted octanol–water partition coefficient (Wildman–Crippen LogP) is 1.67. The molecule has 0 spiro atoms. The number of nitriles is 1. The van der Waals surface area contributed by atoms with E-state index in [2.05, 4.69) is 25.2 Å². The number of hydrogen-bond acceptors (Lipinski definition) is 6. The zero-order chi connectivity index (χ0) is 18.1. The number of aryl methyl sites for hydroxylation is 1. The summed E-state index contributed by atoms with van der Waals surface area (Å²) in [6, 6.07) is 3.94. The number of rotatable bonds is 3. The number of piperidine rings is 1. The van der Waals surface area contributed by atoms with Crippen molar-refractivity contribution in [2.75, 3.05) is 24.5 Å². The molecule has 132 valence electrons. The minimum Gasteiger partial charge on any atom is -0.356 e. The molecule has 1 fully saturated rings. The van der Waals surface area contributed by atoms with Crippen LogP contribution in [0.15, 0.2) is 18.5 Å². The number of anilines is 1. The van der Waals surface area contributed by atoms with Crippen LogP contribution in [-0.2, 0) is 4.79 Å². The van der Waals surface area contributed by atoms with Crippen LogP contribution in [-0.4, -0.2) is 45.5 Å². The second-order valence-electron chi connectivity index (χ2n) is 6.49. The van der Waals surface area contributed by atoms with Crippen molar-refractivity contribution in [3.05, 3.63) is 24.3 Å². The first-order valence-electron chi connectivity index (χ1n) is 8.67. The van der Waals surface area contributed by atoms with Crippen molar-refractivity contribution in [3.63, 3.8) is 0 Å². The zero-order valence-electron chi connectivity index (χ0n) is 14.5. The second-order valence-corrected chi connectivity index (χ2v) is 6.49. The molecular weight excluding hydrogens is 330 g/mol. The van der Waals surface area contributed by atoms with E-state index in [1.807, 2.05) is 25.3 Å². The lowest BCUT2D eigenvalue weighted by atomic mass is 9.95. The summed E-state index contributed by atoms with van der Waals surface area (Å²) >= 11 is 0. The van der Waals surface area contributed by atoms with Gasteiger partial charge in [0, 0.05) is 30.6 Å². The van der Waals surface area contributed by atoms with Crippen LogP contribution < -0.4 is 10.2 Å². The first-order valence-corrected chi connectivity index (χ1v) is 8.67. The molecule has 4 rings (SSSR count). The number of nitrogens with one attached hydrogen (secondary N) is 2. The zero-order valence-corrected chi connectivity index (χ0v) is 14.5. The third kappa shape index (κ3) is 2.81. The average Bonchev–Trinajstić information content (AvgIpc) is 3.14. The highest BCUT2D eigenvalue weighted by atomic mass is 16.1. The van der Waals surface area contributed by atoms with Crippen molar-refractivity contribution in [2.45, 2.75) is 19.8 Å². The predicted molar refractivity (Wildman–Crippen MR) is 97.5 cm³/mol. The maximum atomic E-state index is 12.1. The highest BCUT2D eigenvalue weighted by molar-refractivity contribution is 6.09. The minimum atomic E-state index is -0.0530. The van der Waals surface area contributed by atoms with E-state index in [9.17, 15) is 4.79 Å². The van der Waals surface area contributed by atoms with Gasteiger partial charge >= 0.3 is 0 Å². The van der Waals surface area contributed by atoms with Crippen LogP contribution in [0.1, 0.15) is 18.7 Å². The Labute approximate surface area is 150 Å². The Morgan fingerprint density at radius 1 is 1.42 bits per heavy atom. The summed E-state index contributed by atoms with van der Waals surface area (Å²) in [5, 5.41) is 13.3. The van der Waals surface area contributed by atoms with Gasteiger partial charge in [-0.15, -0.1) is 0 Å². The van der Waals surface area contributed by atoms with Gasteiger partial charge in [0.15, 0.2) is 0 Å². The highest BCUT2D eigenvalue weighted by Gasteiger charge is 2.27. The van der Waals surface area contributed by atoms with E-state index in [0.717, 1.165) is 53.7 Å². The van der Waals surface area contributed by atoms with Crippen molar-refractivity contribution < 1.29 is 4.79 Å². The Morgan fingerprint density at radius 3 is 3.00 bits per heavy atom. The third-order valence-corrected chi connectivity index (χ3v) is 4.85. The van der Waals surface area contributed by atoms with Gasteiger partial charge in [-0.25, -0.2) is 15.0 Å². The summed E-state index contributed by atoms with van der Waals surface area (Å²) in [6.45, 7) is 3.43. The van der Waals surface area contributed by atoms with E-state index in [-0.39, 0.29) is 18.4 Å². The summed E-state index contributed by atoms with van der Waals surface area (Å²) in [6.07, 6.45) is 5.12. The quantitative estimate of drug-likeness (QED) is 0.696. The van der Waals surface area contributed by atoms with Gasteiger partial charge in [0.1, 0.15) is 23.8 Å². The number of carbonyl (C=O) groups is 1. The van der Waals surface area contributed by atoms with E-state index in [4.69, 9.17) is 10.2 Å². The Hall–Kier alpha value is -3.21. The molecular formula is C18H19N7O. The Morgan fingerprint density at radius 2 is 2.23 bits per heavy atom. The SMILES string of the molecule is Cc1nc(N2CCC(C(=O)NCC#N)CC2)c2c(cnc3[nH]ccc32)n1. The molecule has 1 aliphatic rings. The van der Waals surface area contributed by atoms with E-state index < -0.39 is 0 Å². The van der Waals surface area contributed by atoms with Crippen LogP contribution >= 0.6 is 0 Å². The van der Waals surface area contributed by atoms with Crippen molar-refractivity contribution in [1.29, 1.82) is 5.26 Å². The lowest BCUT2D eigenvalue weighted by Crippen LogP contribution is -2.41. The maximum absolute atomic E-state index is 12.1. The minimum absolute atomic E-state index is 0.0350. The van der Waals surface area contributed by atoms with E-state index >= 15 is 0 Å². The average molecular weight is 349 g/mol. The number of fused-ring (bicyclic) bond motifs is 3. The molecule has 8 nitrogen and oxygen atoms in total. The fourth-order valence-corrected chi connectivity index (χ4v) is 3.58.